The molecule has 0 aromatic heterocycles. The van der Waals surface area contributed by atoms with Gasteiger partial charge >= 0.3 is 118 Å². The van der Waals surface area contributed by atoms with Gasteiger partial charge in [0.05, 0.1) is 45.0 Å². The normalized spacial score (nSPS) is 11.8. The van der Waals surface area contributed by atoms with E-state index < -0.39 is 95.9 Å². The average molecular weight is 936 g/mol. The first-order chi connectivity index (χ1) is 27.2. The smallest absolute Gasteiger partial charge is 0.872 e. The number of hydrogen-bond donors (Lipinski definition) is 3. The fourth-order valence-corrected chi connectivity index (χ4v) is 7.12. The van der Waals surface area contributed by atoms with Crippen LogP contribution in [0.1, 0.15) is 10.4 Å². The number of nitrogen functional groups attached to an aromatic ring is 1. The number of carbonyl (C=O) groups excluding carboxylic acids is 1. The predicted octanol–water partition coefficient (Wildman–Crippen LogP) is -6.74. The van der Waals surface area contributed by atoms with Gasteiger partial charge in [-0.05, 0) is 89.5 Å². The number of rotatable bonds is 11. The average Bonchev–Trinajstić information content (AvgIpc) is 3.16. The minimum atomic E-state index is -5.26. The van der Waals surface area contributed by atoms with Gasteiger partial charge in [-0.25, -0.2) is 8.42 Å². The van der Waals surface area contributed by atoms with Gasteiger partial charge in [0.25, 0.3) is 20.2 Å². The zero-order chi connectivity index (χ0) is 42.2. The van der Waals surface area contributed by atoms with Gasteiger partial charge in [0.1, 0.15) is 25.6 Å². The van der Waals surface area contributed by atoms with Gasteiger partial charge in [-0.15, -0.1) is 5.11 Å². The number of benzene rings is 6. The Bertz CT molecular complexity index is 3090. The molecule has 0 aliphatic heterocycles. The van der Waals surface area contributed by atoms with Gasteiger partial charge in [-0.2, -0.15) is 42.4 Å². The van der Waals surface area contributed by atoms with Crippen molar-refractivity contribution in [1.82, 2.24) is 0 Å². The third kappa shape index (κ3) is 13.0. The molecule has 0 spiro atoms. The van der Waals surface area contributed by atoms with E-state index in [0.29, 0.717) is 28.9 Å². The van der Waals surface area contributed by atoms with Crippen LogP contribution in [0.15, 0.2) is 149 Å². The van der Waals surface area contributed by atoms with E-state index in [2.05, 4.69) is 30.7 Å². The van der Waals surface area contributed by atoms with Crippen molar-refractivity contribution in [3.05, 3.63) is 109 Å². The molecule has 0 bridgehead atoms. The Morgan fingerprint density at radius 3 is 1.47 bits per heavy atom. The van der Waals surface area contributed by atoms with Crippen molar-refractivity contribution in [2.75, 3.05) is 5.73 Å². The molecule has 0 heterocycles. The van der Waals surface area contributed by atoms with Gasteiger partial charge in [0.2, 0.25) is 0 Å². The molecule has 0 unspecified atom stereocenters. The SMILES string of the molecule is Nc1c(N=Nc2ccc(S(=O)(=O)[O-])cc2)c(S(=O)(=O)O)cc2c(S(=O)(=O)O)cc(N=Nc3ccc(-c4ccc(N=Nc5ccc([O-])c(C(=O)[O-])c5)cc4)cc3)c([O-])c12.[Na+].[Na+].[Na+].[Na+]. The van der Waals surface area contributed by atoms with Crippen molar-refractivity contribution in [1.29, 1.82) is 0 Å². The molecule has 6 rings (SSSR count). The van der Waals surface area contributed by atoms with Gasteiger partial charge < -0.3 is 30.4 Å². The van der Waals surface area contributed by atoms with Crippen LogP contribution in [0.5, 0.6) is 11.5 Å². The van der Waals surface area contributed by atoms with E-state index in [9.17, 15) is 59.0 Å². The summed E-state index contributed by atoms with van der Waals surface area (Å²) in [6.07, 6.45) is 0. The third-order valence-corrected chi connectivity index (χ3v) is 10.7. The fraction of sp³-hybridized carbons (Fsp3) is 0. The van der Waals surface area contributed by atoms with Crippen LogP contribution in [0.4, 0.5) is 39.8 Å². The third-order valence-electron chi connectivity index (χ3n) is 8.05. The molecule has 0 radical (unpaired) electrons. The van der Waals surface area contributed by atoms with Gasteiger partial charge in [-0.3, -0.25) is 9.11 Å². The Balaban J connectivity index is 0.00000331. The zero-order valence-corrected chi connectivity index (χ0v) is 43.1. The van der Waals surface area contributed by atoms with Crippen molar-refractivity contribution >= 4 is 86.9 Å². The summed E-state index contributed by atoms with van der Waals surface area (Å²) in [5, 5.41) is 58.2. The molecule has 20 nitrogen and oxygen atoms in total. The molecule has 0 fully saturated rings. The Morgan fingerprint density at radius 2 is 1.00 bits per heavy atom. The Labute approximate surface area is 440 Å². The predicted molar refractivity (Wildman–Crippen MR) is 196 cm³/mol. The number of nitrogens with zero attached hydrogens (tertiary/aromatic N) is 6. The summed E-state index contributed by atoms with van der Waals surface area (Å²) >= 11 is 0. The van der Waals surface area contributed by atoms with Crippen LogP contribution in [0, 0.1) is 0 Å². The molecule has 6 aromatic carbocycles. The zero-order valence-electron chi connectivity index (χ0n) is 32.7. The molecule has 0 saturated heterocycles. The Hall–Kier alpha value is -3.02. The minimum Gasteiger partial charge on any atom is -0.872 e. The van der Waals surface area contributed by atoms with E-state index in [0.717, 1.165) is 36.4 Å². The monoisotopic (exact) mass is 935 g/mol. The molecule has 27 heteroatoms. The van der Waals surface area contributed by atoms with Gasteiger partial charge in [0, 0.05) is 10.8 Å². The Kier molecular flexibility index (Phi) is 19.8. The maximum atomic E-state index is 13.7. The van der Waals surface area contributed by atoms with Crippen molar-refractivity contribution in [3.8, 4) is 22.6 Å². The number of carbonyl (C=O) groups is 1. The molecule has 0 saturated carbocycles. The summed E-state index contributed by atoms with van der Waals surface area (Å²) in [6, 6.07) is 21.3. The first-order valence-electron chi connectivity index (χ1n) is 15.8. The number of carboxylic acids is 1. The van der Waals surface area contributed by atoms with Crippen LogP contribution in [-0.4, -0.2) is 44.9 Å². The number of carboxylic acid groups (broad SMARTS) is 1. The summed E-state index contributed by atoms with van der Waals surface area (Å²) in [5.41, 5.74) is 5.26. The molecule has 0 aliphatic rings. The van der Waals surface area contributed by atoms with E-state index >= 15 is 0 Å². The van der Waals surface area contributed by atoms with Crippen LogP contribution in [0.3, 0.4) is 0 Å². The molecule has 62 heavy (non-hydrogen) atoms. The number of anilines is 1. The first-order valence-corrected chi connectivity index (χ1v) is 20.1. The molecule has 296 valence electrons. The summed E-state index contributed by atoms with van der Waals surface area (Å²) in [4.78, 5) is 8.35. The van der Waals surface area contributed by atoms with Gasteiger partial charge in [-0.1, -0.05) is 41.8 Å². The Morgan fingerprint density at radius 1 is 0.565 bits per heavy atom. The summed E-state index contributed by atoms with van der Waals surface area (Å²) in [5.74, 6) is -3.46. The maximum absolute atomic E-state index is 13.7. The second-order valence-corrected chi connectivity index (χ2v) is 16.0. The molecule has 0 aliphatic carbocycles. The maximum Gasteiger partial charge on any atom is 1.00 e. The number of fused-ring (bicyclic) bond motifs is 1. The van der Waals surface area contributed by atoms with Crippen molar-refractivity contribution in [2.24, 2.45) is 30.7 Å². The second kappa shape index (κ2) is 22.3. The fourth-order valence-electron chi connectivity index (χ4n) is 5.28. The molecule has 4 N–H and O–H groups in total. The van der Waals surface area contributed by atoms with E-state index in [4.69, 9.17) is 5.73 Å². The van der Waals surface area contributed by atoms with Crippen molar-refractivity contribution in [3.63, 3.8) is 0 Å². The van der Waals surface area contributed by atoms with Crippen molar-refractivity contribution < 1.29 is 177 Å². The van der Waals surface area contributed by atoms with Crippen LogP contribution in [0.25, 0.3) is 21.9 Å². The number of nitrogens with two attached hydrogens (primary N) is 1. The number of aromatic carboxylic acids is 1. The second-order valence-electron chi connectivity index (χ2n) is 11.8. The molecule has 0 atom stereocenters. The molecule has 0 amide bonds. The van der Waals surface area contributed by atoms with Crippen LogP contribution >= 0.6 is 0 Å². The summed E-state index contributed by atoms with van der Waals surface area (Å²) in [6.45, 7) is 0. The minimum absolute atomic E-state index is 0. The largest absolute Gasteiger partial charge is 1.00 e. The van der Waals surface area contributed by atoms with Crippen LogP contribution in [-0.2, 0) is 30.4 Å². The first kappa shape index (κ1) is 55.1. The van der Waals surface area contributed by atoms with Crippen LogP contribution < -0.4 is 139 Å². The standard InChI is InChI=1S/C35H25N7O13S3.4Na/c36-32-31-26(16-30(58(53,54)55)33(32)42-39-22-9-12-24(13-10-22)56(47,48)49)29(57(50,51)52)17-27(34(31)44)41-38-21-7-3-19(4-8-21)18-1-5-20(6-2-18)37-40-23-11-14-28(43)25(15-23)35(45)46;;;;/h1-17,43-44H,36H2,(H,45,46)(H,47,48,49)(H,50,51,52)(H,53,54,55);;;;/q;4*+1/p-4. The number of hydrogen-bond acceptors (Lipinski definition) is 18. The quantitative estimate of drug-likeness (QED) is 0.0471. The molecular formula is C35H21N7Na4O13S3. The molecular weight excluding hydrogens is 915 g/mol. The molecule has 6 aromatic rings. The van der Waals surface area contributed by atoms with Gasteiger partial charge in [0.15, 0.2) is 0 Å². The van der Waals surface area contributed by atoms with E-state index in [1.54, 1.807) is 36.4 Å². The summed E-state index contributed by atoms with van der Waals surface area (Å²) in [7, 11) is -15.3. The van der Waals surface area contributed by atoms with E-state index in [-0.39, 0.29) is 135 Å². The summed E-state index contributed by atoms with van der Waals surface area (Å²) < 4.78 is 103. The topological polar surface area (TPSA) is 352 Å². The van der Waals surface area contributed by atoms with E-state index in [1.165, 1.54) is 18.2 Å². The van der Waals surface area contributed by atoms with Crippen LogP contribution in [0.2, 0.25) is 0 Å². The van der Waals surface area contributed by atoms with E-state index in [1.807, 2.05) is 0 Å². The number of azo groups is 3. The van der Waals surface area contributed by atoms with Crippen molar-refractivity contribution in [2.45, 2.75) is 14.7 Å².